The summed E-state index contributed by atoms with van der Waals surface area (Å²) in [6.45, 7) is 6.75. The molecule has 2 aromatic rings. The van der Waals surface area contributed by atoms with Gasteiger partial charge in [0.2, 0.25) is 0 Å². The van der Waals surface area contributed by atoms with Crippen molar-refractivity contribution >= 4 is 12.4 Å². The maximum absolute atomic E-state index is 5.27. The molecule has 0 aliphatic heterocycles. The monoisotopic (exact) mass is 269 g/mol. The van der Waals surface area contributed by atoms with Crippen molar-refractivity contribution in [3.63, 3.8) is 0 Å². The van der Waals surface area contributed by atoms with Crippen LogP contribution in [0.5, 0.6) is 0 Å². The van der Waals surface area contributed by atoms with Gasteiger partial charge in [0.25, 0.3) is 0 Å². The van der Waals surface area contributed by atoms with Gasteiger partial charge in [0.1, 0.15) is 5.76 Å². The number of aryl methyl sites for hydroxylation is 2. The van der Waals surface area contributed by atoms with Crippen molar-refractivity contribution in [2.45, 2.75) is 39.9 Å². The fourth-order valence-electron chi connectivity index (χ4n) is 1.87. The van der Waals surface area contributed by atoms with Crippen LogP contribution in [0, 0.1) is 6.92 Å². The average Bonchev–Trinajstić information content (AvgIpc) is 2.90. The lowest BCUT2D eigenvalue weighted by Gasteiger charge is -2.06. The van der Waals surface area contributed by atoms with Crippen LogP contribution in [0.1, 0.15) is 30.5 Å². The van der Waals surface area contributed by atoms with Gasteiger partial charge in [-0.05, 0) is 31.5 Å². The predicted molar refractivity (Wildman–Crippen MR) is 73.8 cm³/mol. The summed E-state index contributed by atoms with van der Waals surface area (Å²) in [6.07, 6.45) is 2.80. The second kappa shape index (κ2) is 7.24. The number of rotatable bonds is 6. The molecule has 0 unspecified atom stereocenters. The Morgan fingerprint density at radius 1 is 1.39 bits per heavy atom. The average molecular weight is 270 g/mol. The lowest BCUT2D eigenvalue weighted by Crippen LogP contribution is -2.16. The van der Waals surface area contributed by atoms with Crippen molar-refractivity contribution in [2.24, 2.45) is 0 Å². The second-order valence-electron chi connectivity index (χ2n) is 4.18. The van der Waals surface area contributed by atoms with Crippen molar-refractivity contribution in [1.82, 2.24) is 15.1 Å². The highest BCUT2D eigenvalue weighted by molar-refractivity contribution is 5.85. The molecule has 18 heavy (non-hydrogen) atoms. The molecule has 0 amide bonds. The summed E-state index contributed by atoms with van der Waals surface area (Å²) in [5.41, 5.74) is 2.31. The molecule has 0 spiro atoms. The van der Waals surface area contributed by atoms with Crippen molar-refractivity contribution in [2.75, 3.05) is 0 Å². The fraction of sp³-hybridized carbons (Fsp3) is 0.462. The van der Waals surface area contributed by atoms with Crippen molar-refractivity contribution in [1.29, 1.82) is 0 Å². The van der Waals surface area contributed by atoms with Crippen LogP contribution in [0.25, 0.3) is 0 Å². The molecule has 0 saturated carbocycles. The molecule has 0 atom stereocenters. The summed E-state index contributed by atoms with van der Waals surface area (Å²) in [6, 6.07) is 6.01. The Kier molecular flexibility index (Phi) is 5.95. The largest absolute Gasteiger partial charge is 0.468 e. The van der Waals surface area contributed by atoms with Crippen molar-refractivity contribution < 1.29 is 4.42 Å². The van der Waals surface area contributed by atoms with Gasteiger partial charge in [0, 0.05) is 13.1 Å². The Hall–Kier alpha value is -1.26. The molecule has 0 aliphatic rings. The standard InChI is InChI=1S/C13H19N3O.ClH/c1-3-6-16-12(8-11(2)15-16)9-14-10-13-5-4-7-17-13;/h4-5,7-8,14H,3,6,9-10H2,1-2H3;1H. The first-order valence-electron chi connectivity index (χ1n) is 6.06. The molecule has 0 bridgehead atoms. The third-order valence-electron chi connectivity index (χ3n) is 2.61. The number of halogens is 1. The van der Waals surface area contributed by atoms with Crippen LogP contribution in [0.15, 0.2) is 28.9 Å². The predicted octanol–water partition coefficient (Wildman–Crippen LogP) is 2.91. The first-order chi connectivity index (χ1) is 8.29. The van der Waals surface area contributed by atoms with Gasteiger partial charge in [-0.1, -0.05) is 6.92 Å². The highest BCUT2D eigenvalue weighted by Gasteiger charge is 2.04. The fourth-order valence-corrected chi connectivity index (χ4v) is 1.87. The molecule has 2 rings (SSSR count). The number of nitrogens with one attached hydrogen (secondary N) is 1. The molecule has 100 valence electrons. The Balaban J connectivity index is 0.00000162. The molecule has 0 aromatic carbocycles. The second-order valence-corrected chi connectivity index (χ2v) is 4.18. The highest BCUT2D eigenvalue weighted by atomic mass is 35.5. The smallest absolute Gasteiger partial charge is 0.117 e. The molecule has 5 heteroatoms. The molecular formula is C13H20ClN3O. The van der Waals surface area contributed by atoms with Gasteiger partial charge >= 0.3 is 0 Å². The van der Waals surface area contributed by atoms with Gasteiger partial charge in [0.05, 0.1) is 24.2 Å². The van der Waals surface area contributed by atoms with E-state index in [1.54, 1.807) is 6.26 Å². The lowest BCUT2D eigenvalue weighted by molar-refractivity contribution is 0.474. The Morgan fingerprint density at radius 3 is 2.89 bits per heavy atom. The van der Waals surface area contributed by atoms with E-state index in [4.69, 9.17) is 4.42 Å². The van der Waals surface area contributed by atoms with Crippen LogP contribution < -0.4 is 5.32 Å². The molecule has 2 heterocycles. The number of hydrogen-bond acceptors (Lipinski definition) is 3. The van der Waals surface area contributed by atoms with Crippen LogP contribution in [-0.2, 0) is 19.6 Å². The molecular weight excluding hydrogens is 250 g/mol. The molecule has 0 radical (unpaired) electrons. The van der Waals surface area contributed by atoms with Crippen LogP contribution in [0.3, 0.4) is 0 Å². The maximum Gasteiger partial charge on any atom is 0.117 e. The van der Waals surface area contributed by atoms with Crippen LogP contribution in [0.4, 0.5) is 0 Å². The topological polar surface area (TPSA) is 43.0 Å². The number of furan rings is 1. The summed E-state index contributed by atoms with van der Waals surface area (Å²) >= 11 is 0. The van der Waals surface area contributed by atoms with Gasteiger partial charge in [-0.3, -0.25) is 4.68 Å². The van der Waals surface area contributed by atoms with E-state index in [0.717, 1.165) is 37.5 Å². The van der Waals surface area contributed by atoms with Crippen LogP contribution in [0.2, 0.25) is 0 Å². The summed E-state index contributed by atoms with van der Waals surface area (Å²) in [5.74, 6) is 0.961. The first-order valence-corrected chi connectivity index (χ1v) is 6.06. The number of aromatic nitrogens is 2. The molecule has 1 N–H and O–H groups in total. The van der Waals surface area contributed by atoms with Gasteiger partial charge in [-0.2, -0.15) is 5.10 Å². The zero-order chi connectivity index (χ0) is 12.1. The summed E-state index contributed by atoms with van der Waals surface area (Å²) in [7, 11) is 0. The van der Waals surface area contributed by atoms with E-state index < -0.39 is 0 Å². The third kappa shape index (κ3) is 3.89. The third-order valence-corrected chi connectivity index (χ3v) is 2.61. The van der Waals surface area contributed by atoms with E-state index in [1.165, 1.54) is 5.69 Å². The van der Waals surface area contributed by atoms with E-state index in [9.17, 15) is 0 Å². The zero-order valence-corrected chi connectivity index (χ0v) is 11.7. The summed E-state index contributed by atoms with van der Waals surface area (Å²) < 4.78 is 7.34. The maximum atomic E-state index is 5.27. The van der Waals surface area contributed by atoms with Crippen LogP contribution in [-0.4, -0.2) is 9.78 Å². The normalized spacial score (nSPS) is 10.3. The van der Waals surface area contributed by atoms with Crippen molar-refractivity contribution in [3.8, 4) is 0 Å². The zero-order valence-electron chi connectivity index (χ0n) is 10.8. The van der Waals surface area contributed by atoms with Gasteiger partial charge in [-0.15, -0.1) is 12.4 Å². The number of hydrogen-bond donors (Lipinski definition) is 1. The summed E-state index contributed by atoms with van der Waals surface area (Å²) in [5, 5.41) is 7.83. The number of nitrogens with zero attached hydrogens (tertiary/aromatic N) is 2. The molecule has 0 aliphatic carbocycles. The highest BCUT2D eigenvalue weighted by Crippen LogP contribution is 2.05. The molecule has 0 fully saturated rings. The SMILES string of the molecule is CCCn1nc(C)cc1CNCc1ccco1.Cl. The molecule has 4 nitrogen and oxygen atoms in total. The summed E-state index contributed by atoms with van der Waals surface area (Å²) in [4.78, 5) is 0. The van der Waals surface area contributed by atoms with Gasteiger partial charge in [-0.25, -0.2) is 0 Å². The lowest BCUT2D eigenvalue weighted by atomic mass is 10.3. The minimum Gasteiger partial charge on any atom is -0.468 e. The van der Waals surface area contributed by atoms with E-state index in [0.29, 0.717) is 0 Å². The Bertz CT molecular complexity index is 451. The van der Waals surface area contributed by atoms with E-state index >= 15 is 0 Å². The van der Waals surface area contributed by atoms with Crippen LogP contribution >= 0.6 is 12.4 Å². The van der Waals surface area contributed by atoms with E-state index in [-0.39, 0.29) is 12.4 Å². The van der Waals surface area contributed by atoms with Gasteiger partial charge in [0.15, 0.2) is 0 Å². The minimum atomic E-state index is 0. The Labute approximate surface area is 114 Å². The van der Waals surface area contributed by atoms with E-state index in [1.807, 2.05) is 19.1 Å². The van der Waals surface area contributed by atoms with Gasteiger partial charge < -0.3 is 9.73 Å². The molecule has 0 saturated heterocycles. The first kappa shape index (κ1) is 14.8. The molecule has 2 aromatic heterocycles. The van der Waals surface area contributed by atoms with Crippen molar-refractivity contribution in [3.05, 3.63) is 41.6 Å². The van der Waals surface area contributed by atoms with E-state index in [2.05, 4.69) is 28.1 Å². The Morgan fingerprint density at radius 2 is 2.22 bits per heavy atom. The minimum absolute atomic E-state index is 0. The quantitative estimate of drug-likeness (QED) is 0.877.